The number of rotatable bonds is 3. The molecule has 0 saturated carbocycles. The van der Waals surface area contributed by atoms with Crippen molar-refractivity contribution in [3.8, 4) is 22.9 Å². The fourth-order valence-electron chi connectivity index (χ4n) is 2.56. The van der Waals surface area contributed by atoms with Gasteiger partial charge in [-0.1, -0.05) is 12.1 Å². The first-order chi connectivity index (χ1) is 10.5. The normalized spacial score (nSPS) is 10.9. The SMILES string of the molecule is COc1cc2nc(-c3ccc(C)c(N)c3)n(C)c2cc1OC. The van der Waals surface area contributed by atoms with Crippen molar-refractivity contribution in [2.75, 3.05) is 20.0 Å². The Morgan fingerprint density at radius 2 is 1.73 bits per heavy atom. The first-order valence-electron chi connectivity index (χ1n) is 7.00. The van der Waals surface area contributed by atoms with Gasteiger partial charge in [-0.3, -0.25) is 0 Å². The summed E-state index contributed by atoms with van der Waals surface area (Å²) in [5.41, 5.74) is 10.7. The number of benzene rings is 2. The molecule has 3 aromatic rings. The minimum Gasteiger partial charge on any atom is -0.493 e. The molecule has 0 aliphatic heterocycles. The molecule has 1 aromatic heterocycles. The Bertz CT molecular complexity index is 853. The van der Waals surface area contributed by atoms with Gasteiger partial charge in [0.15, 0.2) is 11.5 Å². The number of hydrogen-bond acceptors (Lipinski definition) is 4. The fourth-order valence-corrected chi connectivity index (χ4v) is 2.56. The molecule has 5 nitrogen and oxygen atoms in total. The molecule has 5 heteroatoms. The van der Waals surface area contributed by atoms with Gasteiger partial charge in [0.2, 0.25) is 0 Å². The second-order valence-electron chi connectivity index (χ2n) is 5.26. The molecule has 114 valence electrons. The Morgan fingerprint density at radius 1 is 1.05 bits per heavy atom. The maximum absolute atomic E-state index is 6.02. The van der Waals surface area contributed by atoms with E-state index in [1.54, 1.807) is 14.2 Å². The van der Waals surface area contributed by atoms with Crippen LogP contribution in [0.15, 0.2) is 30.3 Å². The van der Waals surface area contributed by atoms with Gasteiger partial charge in [0.1, 0.15) is 5.82 Å². The van der Waals surface area contributed by atoms with Gasteiger partial charge < -0.3 is 19.8 Å². The van der Waals surface area contributed by atoms with Crippen LogP contribution in [-0.2, 0) is 7.05 Å². The second kappa shape index (κ2) is 5.26. The standard InChI is InChI=1S/C17H19N3O2/c1-10-5-6-11(7-12(10)18)17-19-13-8-15(21-3)16(22-4)9-14(13)20(17)2/h5-9H,18H2,1-4H3. The van der Waals surface area contributed by atoms with Crippen molar-refractivity contribution in [1.29, 1.82) is 0 Å². The molecule has 22 heavy (non-hydrogen) atoms. The minimum atomic E-state index is 0.670. The lowest BCUT2D eigenvalue weighted by Gasteiger charge is -2.08. The molecule has 0 amide bonds. The zero-order valence-corrected chi connectivity index (χ0v) is 13.2. The molecule has 0 aliphatic rings. The summed E-state index contributed by atoms with van der Waals surface area (Å²) >= 11 is 0. The van der Waals surface area contributed by atoms with Gasteiger partial charge in [0.05, 0.1) is 25.3 Å². The van der Waals surface area contributed by atoms with E-state index in [0.717, 1.165) is 33.7 Å². The maximum atomic E-state index is 6.02. The molecule has 0 bridgehead atoms. The van der Waals surface area contributed by atoms with Crippen LogP contribution in [0, 0.1) is 6.92 Å². The predicted molar refractivity (Wildman–Crippen MR) is 88.4 cm³/mol. The molecule has 0 spiro atoms. The average Bonchev–Trinajstić information content (AvgIpc) is 2.85. The smallest absolute Gasteiger partial charge is 0.163 e. The van der Waals surface area contributed by atoms with Crippen molar-refractivity contribution in [3.05, 3.63) is 35.9 Å². The van der Waals surface area contributed by atoms with Gasteiger partial charge in [-0.05, 0) is 18.6 Å². The Labute approximate surface area is 129 Å². The number of aromatic nitrogens is 2. The van der Waals surface area contributed by atoms with E-state index in [-0.39, 0.29) is 0 Å². The van der Waals surface area contributed by atoms with Crippen LogP contribution in [-0.4, -0.2) is 23.8 Å². The van der Waals surface area contributed by atoms with Crippen molar-refractivity contribution in [2.24, 2.45) is 7.05 Å². The van der Waals surface area contributed by atoms with Gasteiger partial charge in [0, 0.05) is 30.4 Å². The molecular formula is C17H19N3O2. The van der Waals surface area contributed by atoms with E-state index in [0.29, 0.717) is 11.5 Å². The van der Waals surface area contributed by atoms with E-state index >= 15 is 0 Å². The summed E-state index contributed by atoms with van der Waals surface area (Å²) in [6, 6.07) is 9.80. The number of nitrogen functional groups attached to an aromatic ring is 1. The molecule has 0 aliphatic carbocycles. The van der Waals surface area contributed by atoms with E-state index in [1.165, 1.54) is 0 Å². The Balaban J connectivity index is 2.23. The molecular weight excluding hydrogens is 278 g/mol. The van der Waals surface area contributed by atoms with Crippen LogP contribution in [0.4, 0.5) is 5.69 Å². The lowest BCUT2D eigenvalue weighted by atomic mass is 10.1. The van der Waals surface area contributed by atoms with Crippen LogP contribution >= 0.6 is 0 Å². The fraction of sp³-hybridized carbons (Fsp3) is 0.235. The third-order valence-electron chi connectivity index (χ3n) is 3.92. The first-order valence-corrected chi connectivity index (χ1v) is 7.00. The molecule has 0 unspecified atom stereocenters. The van der Waals surface area contributed by atoms with E-state index in [1.807, 2.05) is 48.9 Å². The minimum absolute atomic E-state index is 0.670. The van der Waals surface area contributed by atoms with Gasteiger partial charge in [-0.25, -0.2) is 4.98 Å². The second-order valence-corrected chi connectivity index (χ2v) is 5.26. The van der Waals surface area contributed by atoms with E-state index in [9.17, 15) is 0 Å². The topological polar surface area (TPSA) is 62.3 Å². The number of nitrogens with zero attached hydrogens (tertiary/aromatic N) is 2. The van der Waals surface area contributed by atoms with Crippen LogP contribution in [0.25, 0.3) is 22.4 Å². The van der Waals surface area contributed by atoms with Crippen LogP contribution in [0.5, 0.6) is 11.5 Å². The van der Waals surface area contributed by atoms with Gasteiger partial charge in [-0.2, -0.15) is 0 Å². The molecule has 0 radical (unpaired) electrons. The molecule has 2 aromatic carbocycles. The summed E-state index contributed by atoms with van der Waals surface area (Å²) < 4.78 is 12.7. The van der Waals surface area contributed by atoms with Gasteiger partial charge in [-0.15, -0.1) is 0 Å². The van der Waals surface area contributed by atoms with E-state index < -0.39 is 0 Å². The quantitative estimate of drug-likeness (QED) is 0.754. The maximum Gasteiger partial charge on any atom is 0.163 e. The highest BCUT2D eigenvalue weighted by Gasteiger charge is 2.14. The van der Waals surface area contributed by atoms with Crippen molar-refractivity contribution in [2.45, 2.75) is 6.92 Å². The van der Waals surface area contributed by atoms with E-state index in [2.05, 4.69) is 0 Å². The molecule has 0 fully saturated rings. The Hall–Kier alpha value is -2.69. The number of nitrogens with two attached hydrogens (primary N) is 1. The summed E-state index contributed by atoms with van der Waals surface area (Å²) in [6.07, 6.45) is 0. The van der Waals surface area contributed by atoms with Crippen LogP contribution in [0.2, 0.25) is 0 Å². The largest absolute Gasteiger partial charge is 0.493 e. The predicted octanol–water partition coefficient (Wildman–Crippen LogP) is 3.15. The first kappa shape index (κ1) is 14.3. The summed E-state index contributed by atoms with van der Waals surface area (Å²) in [6.45, 7) is 1.99. The summed E-state index contributed by atoms with van der Waals surface area (Å²) in [7, 11) is 5.22. The molecule has 3 rings (SSSR count). The van der Waals surface area contributed by atoms with E-state index in [4.69, 9.17) is 20.2 Å². The molecule has 1 heterocycles. The van der Waals surface area contributed by atoms with Crippen LogP contribution in [0.3, 0.4) is 0 Å². The summed E-state index contributed by atoms with van der Waals surface area (Å²) in [5, 5.41) is 0. The third kappa shape index (κ3) is 2.15. The molecule has 0 atom stereocenters. The lowest BCUT2D eigenvalue weighted by Crippen LogP contribution is -1.95. The number of aryl methyl sites for hydroxylation is 2. The number of methoxy groups -OCH3 is 2. The zero-order valence-electron chi connectivity index (χ0n) is 13.2. The summed E-state index contributed by atoms with van der Waals surface area (Å²) in [5.74, 6) is 2.22. The number of imidazole rings is 1. The number of anilines is 1. The van der Waals surface area contributed by atoms with Crippen molar-refractivity contribution in [1.82, 2.24) is 9.55 Å². The highest BCUT2D eigenvalue weighted by atomic mass is 16.5. The monoisotopic (exact) mass is 297 g/mol. The number of fused-ring (bicyclic) bond motifs is 1. The van der Waals surface area contributed by atoms with Crippen molar-refractivity contribution in [3.63, 3.8) is 0 Å². The van der Waals surface area contributed by atoms with Gasteiger partial charge in [0.25, 0.3) is 0 Å². The number of hydrogen-bond donors (Lipinski definition) is 1. The zero-order chi connectivity index (χ0) is 15.9. The van der Waals surface area contributed by atoms with Crippen molar-refractivity contribution < 1.29 is 9.47 Å². The summed E-state index contributed by atoms with van der Waals surface area (Å²) in [4.78, 5) is 4.71. The number of ether oxygens (including phenoxy) is 2. The van der Waals surface area contributed by atoms with Crippen LogP contribution in [0.1, 0.15) is 5.56 Å². The lowest BCUT2D eigenvalue weighted by molar-refractivity contribution is 0.355. The van der Waals surface area contributed by atoms with Gasteiger partial charge >= 0.3 is 0 Å². The average molecular weight is 297 g/mol. The Kier molecular flexibility index (Phi) is 3.41. The molecule has 2 N–H and O–H groups in total. The van der Waals surface area contributed by atoms with Crippen molar-refractivity contribution >= 4 is 16.7 Å². The highest BCUT2D eigenvalue weighted by Crippen LogP contribution is 2.34. The highest BCUT2D eigenvalue weighted by molar-refractivity contribution is 5.84. The molecule has 0 saturated heterocycles. The Morgan fingerprint density at radius 3 is 2.36 bits per heavy atom. The van der Waals surface area contributed by atoms with Crippen LogP contribution < -0.4 is 15.2 Å². The third-order valence-corrected chi connectivity index (χ3v) is 3.92.